The highest BCUT2D eigenvalue weighted by molar-refractivity contribution is 7.98. The first kappa shape index (κ1) is 17.5. The van der Waals surface area contributed by atoms with Gasteiger partial charge in [-0.05, 0) is 30.4 Å². The Morgan fingerprint density at radius 1 is 1.10 bits per heavy atom. The Kier molecular flexibility index (Phi) is 7.81. The van der Waals surface area contributed by atoms with Crippen molar-refractivity contribution in [2.45, 2.75) is 24.9 Å². The second-order valence-corrected chi connectivity index (χ2v) is 5.53. The molecule has 0 fully saturated rings. The normalized spacial score (nSPS) is 13.6. The van der Waals surface area contributed by atoms with E-state index in [2.05, 4.69) is 10.9 Å². The first-order chi connectivity index (χ1) is 10.0. The van der Waals surface area contributed by atoms with Crippen molar-refractivity contribution in [3.8, 4) is 0 Å². The van der Waals surface area contributed by atoms with Crippen molar-refractivity contribution < 1.29 is 19.8 Å². The molecule has 4 N–H and O–H groups in total. The quantitative estimate of drug-likeness (QED) is 0.478. The molecule has 1 rings (SSSR count). The predicted molar refractivity (Wildman–Crippen MR) is 82.3 cm³/mol. The van der Waals surface area contributed by atoms with E-state index in [4.69, 9.17) is 5.11 Å². The number of nitrogens with one attached hydrogen (secondary N) is 2. The lowest BCUT2D eigenvalue weighted by Crippen LogP contribution is -2.53. The number of aliphatic carboxylic acids is 2. The Morgan fingerprint density at radius 3 is 2.19 bits per heavy atom. The molecular formula is C14H20N2O4S. The van der Waals surface area contributed by atoms with Gasteiger partial charge in [0.2, 0.25) is 0 Å². The third kappa shape index (κ3) is 6.61. The largest absolute Gasteiger partial charge is 0.480 e. The molecule has 7 heteroatoms. The maximum absolute atomic E-state index is 11.2. The van der Waals surface area contributed by atoms with Gasteiger partial charge in [-0.3, -0.25) is 9.59 Å². The van der Waals surface area contributed by atoms with Gasteiger partial charge in [-0.15, -0.1) is 0 Å². The van der Waals surface area contributed by atoms with Crippen LogP contribution in [0.15, 0.2) is 30.3 Å². The Morgan fingerprint density at radius 2 is 1.67 bits per heavy atom. The van der Waals surface area contributed by atoms with Crippen molar-refractivity contribution in [3.63, 3.8) is 0 Å². The molecule has 0 spiro atoms. The lowest BCUT2D eigenvalue weighted by atomic mass is 10.1. The van der Waals surface area contributed by atoms with Crippen LogP contribution in [0.5, 0.6) is 0 Å². The van der Waals surface area contributed by atoms with Gasteiger partial charge in [0, 0.05) is 0 Å². The van der Waals surface area contributed by atoms with Gasteiger partial charge in [-0.2, -0.15) is 11.8 Å². The lowest BCUT2D eigenvalue weighted by Gasteiger charge is -2.19. The Hall–Kier alpha value is -1.57. The summed E-state index contributed by atoms with van der Waals surface area (Å²) in [5.74, 6) is -1.34. The molecule has 0 aliphatic heterocycles. The zero-order chi connectivity index (χ0) is 15.7. The highest BCUT2D eigenvalue weighted by Crippen LogP contribution is 2.04. The summed E-state index contributed by atoms with van der Waals surface area (Å²) in [4.78, 5) is 22.3. The molecule has 0 saturated carbocycles. The van der Waals surface area contributed by atoms with Crippen LogP contribution in [0.25, 0.3) is 0 Å². The SMILES string of the molecule is CSCC[C@H](NN[C@@H](Cc1ccccc1)C(=O)O)C(=O)O. The zero-order valence-corrected chi connectivity index (χ0v) is 12.6. The number of hydrazine groups is 1. The topological polar surface area (TPSA) is 98.7 Å². The summed E-state index contributed by atoms with van der Waals surface area (Å²) in [6.45, 7) is 0. The Balaban J connectivity index is 2.57. The van der Waals surface area contributed by atoms with Crippen molar-refractivity contribution in [2.24, 2.45) is 0 Å². The lowest BCUT2D eigenvalue weighted by molar-refractivity contribution is -0.143. The van der Waals surface area contributed by atoms with E-state index in [1.807, 2.05) is 36.6 Å². The van der Waals surface area contributed by atoms with Gasteiger partial charge in [0.25, 0.3) is 0 Å². The summed E-state index contributed by atoms with van der Waals surface area (Å²) in [6.07, 6.45) is 2.58. The molecule has 1 aromatic rings. The standard InChI is InChI=1S/C14H20N2O4S/c1-21-8-7-11(13(17)18)15-16-12(14(19)20)9-10-5-3-2-4-6-10/h2-6,11-12,15-16H,7-9H2,1H3,(H,17,18)(H,19,20)/t11-,12-/m0/s1. The fourth-order valence-electron chi connectivity index (χ4n) is 1.74. The summed E-state index contributed by atoms with van der Waals surface area (Å²) in [5.41, 5.74) is 6.10. The van der Waals surface area contributed by atoms with Crippen LogP contribution in [-0.2, 0) is 16.0 Å². The third-order valence-electron chi connectivity index (χ3n) is 2.92. The minimum Gasteiger partial charge on any atom is -0.480 e. The molecule has 0 heterocycles. The molecule has 0 aromatic heterocycles. The summed E-state index contributed by atoms with van der Waals surface area (Å²) in [7, 11) is 0. The van der Waals surface area contributed by atoms with E-state index < -0.39 is 24.0 Å². The molecule has 0 amide bonds. The Labute approximate surface area is 127 Å². The summed E-state index contributed by atoms with van der Waals surface area (Å²) < 4.78 is 0. The van der Waals surface area contributed by atoms with Crippen molar-refractivity contribution in [3.05, 3.63) is 35.9 Å². The van der Waals surface area contributed by atoms with Crippen LogP contribution in [0.1, 0.15) is 12.0 Å². The van der Waals surface area contributed by atoms with Crippen LogP contribution in [0.4, 0.5) is 0 Å². The first-order valence-corrected chi connectivity index (χ1v) is 7.93. The van der Waals surface area contributed by atoms with Crippen LogP contribution in [-0.4, -0.2) is 46.2 Å². The van der Waals surface area contributed by atoms with E-state index in [-0.39, 0.29) is 6.42 Å². The van der Waals surface area contributed by atoms with Gasteiger partial charge >= 0.3 is 11.9 Å². The van der Waals surface area contributed by atoms with Crippen LogP contribution >= 0.6 is 11.8 Å². The minimum atomic E-state index is -1.03. The van der Waals surface area contributed by atoms with Crippen LogP contribution < -0.4 is 10.9 Å². The molecule has 0 aliphatic rings. The highest BCUT2D eigenvalue weighted by atomic mass is 32.2. The molecule has 116 valence electrons. The number of rotatable bonds is 10. The van der Waals surface area contributed by atoms with E-state index in [1.165, 1.54) is 0 Å². The number of carboxylic acids is 2. The fraction of sp³-hybridized carbons (Fsp3) is 0.429. The van der Waals surface area contributed by atoms with Gasteiger partial charge in [-0.25, -0.2) is 10.9 Å². The molecule has 0 aliphatic carbocycles. The van der Waals surface area contributed by atoms with Crippen molar-refractivity contribution in [1.82, 2.24) is 10.9 Å². The Bertz CT molecular complexity index is 456. The van der Waals surface area contributed by atoms with Crippen LogP contribution in [0.2, 0.25) is 0 Å². The number of carbonyl (C=O) groups is 2. The molecule has 0 bridgehead atoms. The zero-order valence-electron chi connectivity index (χ0n) is 11.8. The van der Waals surface area contributed by atoms with Crippen LogP contribution in [0, 0.1) is 0 Å². The molecule has 2 atom stereocenters. The van der Waals surface area contributed by atoms with Crippen LogP contribution in [0.3, 0.4) is 0 Å². The smallest absolute Gasteiger partial charge is 0.322 e. The van der Waals surface area contributed by atoms with Gasteiger partial charge in [0.05, 0.1) is 0 Å². The van der Waals surface area contributed by atoms with Crippen molar-refractivity contribution in [1.29, 1.82) is 0 Å². The minimum absolute atomic E-state index is 0.276. The third-order valence-corrected chi connectivity index (χ3v) is 3.57. The maximum atomic E-state index is 11.2. The van der Waals surface area contributed by atoms with E-state index in [9.17, 15) is 14.7 Å². The first-order valence-electron chi connectivity index (χ1n) is 6.54. The van der Waals surface area contributed by atoms with E-state index in [0.29, 0.717) is 12.2 Å². The number of hydrogen-bond acceptors (Lipinski definition) is 5. The van der Waals surface area contributed by atoms with E-state index in [1.54, 1.807) is 11.8 Å². The molecule has 6 nitrogen and oxygen atoms in total. The fourth-order valence-corrected chi connectivity index (χ4v) is 2.22. The molecule has 21 heavy (non-hydrogen) atoms. The van der Waals surface area contributed by atoms with Gasteiger partial charge in [0.15, 0.2) is 0 Å². The maximum Gasteiger partial charge on any atom is 0.322 e. The molecule has 0 unspecified atom stereocenters. The van der Waals surface area contributed by atoms with Gasteiger partial charge in [-0.1, -0.05) is 30.3 Å². The number of hydrogen-bond donors (Lipinski definition) is 4. The monoisotopic (exact) mass is 312 g/mol. The average Bonchev–Trinajstić information content (AvgIpc) is 2.46. The molecular weight excluding hydrogens is 292 g/mol. The van der Waals surface area contributed by atoms with E-state index in [0.717, 1.165) is 5.56 Å². The summed E-state index contributed by atoms with van der Waals surface area (Å²) >= 11 is 1.54. The average molecular weight is 312 g/mol. The number of thioether (sulfide) groups is 1. The van der Waals surface area contributed by atoms with Crippen molar-refractivity contribution in [2.75, 3.05) is 12.0 Å². The van der Waals surface area contributed by atoms with E-state index >= 15 is 0 Å². The van der Waals surface area contributed by atoms with Crippen molar-refractivity contribution >= 4 is 23.7 Å². The molecule has 0 saturated heterocycles. The number of benzene rings is 1. The second-order valence-electron chi connectivity index (χ2n) is 4.54. The predicted octanol–water partition coefficient (Wildman–Crippen LogP) is 0.983. The molecule has 1 aromatic carbocycles. The second kappa shape index (κ2) is 9.38. The van der Waals surface area contributed by atoms with Gasteiger partial charge < -0.3 is 10.2 Å². The summed E-state index contributed by atoms with van der Waals surface area (Å²) in [5, 5.41) is 18.3. The highest BCUT2D eigenvalue weighted by Gasteiger charge is 2.22. The van der Waals surface area contributed by atoms with Gasteiger partial charge in [0.1, 0.15) is 12.1 Å². The molecule has 0 radical (unpaired) electrons. The number of carboxylic acid groups (broad SMARTS) is 2. The summed E-state index contributed by atoms with van der Waals surface area (Å²) in [6, 6.07) is 7.49.